The highest BCUT2D eigenvalue weighted by Gasteiger charge is 1.84. The van der Waals surface area contributed by atoms with E-state index in [4.69, 9.17) is 17.5 Å². The van der Waals surface area contributed by atoms with Gasteiger partial charge in [0, 0.05) is 6.42 Å². The van der Waals surface area contributed by atoms with Gasteiger partial charge in [0.15, 0.2) is 0 Å². The molecule has 0 atom stereocenters. The molecule has 0 saturated carbocycles. The van der Waals surface area contributed by atoms with Crippen molar-refractivity contribution in [3.05, 3.63) is 0 Å². The van der Waals surface area contributed by atoms with E-state index in [-0.39, 0.29) is 5.78 Å². The first kappa shape index (κ1) is 13.2. The molecule has 0 aromatic heterocycles. The zero-order chi connectivity index (χ0) is 9.49. The lowest BCUT2D eigenvalue weighted by Crippen LogP contribution is -1.89. The van der Waals surface area contributed by atoms with Crippen LogP contribution in [0.25, 0.3) is 0 Å². The van der Waals surface area contributed by atoms with Gasteiger partial charge < -0.3 is 4.79 Å². The summed E-state index contributed by atoms with van der Waals surface area (Å²) >= 11 is 0. The summed E-state index contributed by atoms with van der Waals surface area (Å²) in [6.07, 6.45) is 1.72. The predicted octanol–water partition coefficient (Wildman–Crippen LogP) is 0.723. The van der Waals surface area contributed by atoms with Gasteiger partial charge in [-0.25, -0.2) is 0 Å². The van der Waals surface area contributed by atoms with Crippen molar-refractivity contribution >= 4 is 16.2 Å². The minimum absolute atomic E-state index is 0.289. The third kappa shape index (κ3) is 84.1. The molecule has 0 aliphatic rings. The summed E-state index contributed by atoms with van der Waals surface area (Å²) in [5.74, 6) is 0.289. The highest BCUT2D eigenvalue weighted by atomic mass is 32.3. The topological polar surface area (TPSA) is 91.7 Å². The van der Waals surface area contributed by atoms with E-state index in [1.165, 1.54) is 0 Å². The number of Topliss-reactive ketones (excluding diaryl/α,β-unsaturated/α-hetero) is 1. The van der Waals surface area contributed by atoms with Gasteiger partial charge in [0.1, 0.15) is 5.78 Å². The Morgan fingerprint density at radius 1 is 1.36 bits per heavy atom. The molecule has 0 amide bonds. The van der Waals surface area contributed by atoms with Gasteiger partial charge in [0.05, 0.1) is 0 Å². The quantitative estimate of drug-likeness (QED) is 0.617. The van der Waals surface area contributed by atoms with Crippen molar-refractivity contribution < 1.29 is 22.3 Å². The Bertz CT molecular complexity index is 185. The fourth-order valence-corrected chi connectivity index (χ4v) is 0.352. The maximum Gasteiger partial charge on any atom is 0.394 e. The summed E-state index contributed by atoms with van der Waals surface area (Å²) in [5, 5.41) is 0. The number of rotatable bonds is 2. The van der Waals surface area contributed by atoms with Gasteiger partial charge in [-0.1, -0.05) is 6.92 Å². The van der Waals surface area contributed by atoms with Crippen LogP contribution in [0.3, 0.4) is 0 Å². The molecule has 0 unspecified atom stereocenters. The molecule has 0 aliphatic carbocycles. The monoisotopic (exact) mass is 184 g/mol. The van der Waals surface area contributed by atoms with E-state index in [1.54, 1.807) is 6.92 Å². The van der Waals surface area contributed by atoms with Crippen LogP contribution in [0.1, 0.15) is 26.7 Å². The zero-order valence-electron chi connectivity index (χ0n) is 6.44. The zero-order valence-corrected chi connectivity index (χ0v) is 7.26. The maximum atomic E-state index is 10.0. The first-order valence-electron chi connectivity index (χ1n) is 2.96. The van der Waals surface area contributed by atoms with Gasteiger partial charge in [0.2, 0.25) is 0 Å². The van der Waals surface area contributed by atoms with E-state index in [9.17, 15) is 4.79 Å². The predicted molar refractivity (Wildman–Crippen MR) is 39.8 cm³/mol. The average Bonchev–Trinajstić information content (AvgIpc) is 1.58. The number of carbonyl (C=O) groups excluding carboxylic acids is 1. The standard InChI is InChI=1S/C5H10O.H2O4S/c1-3-4-5(2)6;1-5(2,3)4/h3-4H2,1-2H3;(H2,1,2,3,4). The molecule has 0 spiro atoms. The van der Waals surface area contributed by atoms with E-state index >= 15 is 0 Å². The van der Waals surface area contributed by atoms with Crippen molar-refractivity contribution in [2.75, 3.05) is 0 Å². The summed E-state index contributed by atoms with van der Waals surface area (Å²) < 4.78 is 31.6. The molecular weight excluding hydrogens is 172 g/mol. The third-order valence-corrected chi connectivity index (χ3v) is 0.602. The van der Waals surface area contributed by atoms with Crippen LogP contribution in [0.5, 0.6) is 0 Å². The third-order valence-electron chi connectivity index (χ3n) is 0.602. The van der Waals surface area contributed by atoms with E-state index in [0.29, 0.717) is 0 Å². The molecular formula is C5H12O5S. The Kier molecular flexibility index (Phi) is 7.49. The lowest BCUT2D eigenvalue weighted by atomic mass is 10.3. The first-order valence-corrected chi connectivity index (χ1v) is 4.36. The average molecular weight is 184 g/mol. The minimum atomic E-state index is -4.67. The van der Waals surface area contributed by atoms with E-state index in [2.05, 4.69) is 0 Å². The van der Waals surface area contributed by atoms with Crippen molar-refractivity contribution in [2.45, 2.75) is 26.7 Å². The molecule has 0 heterocycles. The van der Waals surface area contributed by atoms with Crippen molar-refractivity contribution in [3.63, 3.8) is 0 Å². The fraction of sp³-hybridized carbons (Fsp3) is 0.800. The highest BCUT2D eigenvalue weighted by Crippen LogP contribution is 1.84. The van der Waals surface area contributed by atoms with E-state index < -0.39 is 10.4 Å². The Morgan fingerprint density at radius 2 is 1.64 bits per heavy atom. The van der Waals surface area contributed by atoms with Crippen molar-refractivity contribution in [2.24, 2.45) is 0 Å². The molecule has 0 aromatic rings. The molecule has 0 radical (unpaired) electrons. The molecule has 0 saturated heterocycles. The SMILES string of the molecule is CCCC(C)=O.O=S(=O)(O)O. The number of ketones is 1. The van der Waals surface area contributed by atoms with E-state index in [0.717, 1.165) is 12.8 Å². The largest absolute Gasteiger partial charge is 0.394 e. The Labute approximate surface area is 66.0 Å². The second kappa shape index (κ2) is 6.26. The van der Waals surface area contributed by atoms with Crippen molar-refractivity contribution in [1.29, 1.82) is 0 Å². The molecule has 68 valence electrons. The normalized spacial score (nSPS) is 9.82. The molecule has 5 nitrogen and oxygen atoms in total. The summed E-state index contributed by atoms with van der Waals surface area (Å²) in [5.41, 5.74) is 0. The Hall–Kier alpha value is -0.460. The molecule has 0 aromatic carbocycles. The molecule has 6 heteroatoms. The highest BCUT2D eigenvalue weighted by molar-refractivity contribution is 7.79. The maximum absolute atomic E-state index is 10.0. The van der Waals surface area contributed by atoms with Crippen LogP contribution in [-0.2, 0) is 15.2 Å². The second-order valence-electron chi connectivity index (χ2n) is 1.90. The van der Waals surface area contributed by atoms with Crippen molar-refractivity contribution in [1.82, 2.24) is 0 Å². The van der Waals surface area contributed by atoms with Gasteiger partial charge in [-0.2, -0.15) is 8.42 Å². The number of hydrogen-bond donors (Lipinski definition) is 2. The lowest BCUT2D eigenvalue weighted by molar-refractivity contribution is -0.117. The van der Waals surface area contributed by atoms with Gasteiger partial charge in [-0.3, -0.25) is 9.11 Å². The van der Waals surface area contributed by atoms with E-state index in [1.807, 2.05) is 6.92 Å². The summed E-state index contributed by atoms with van der Waals surface area (Å²) in [6, 6.07) is 0. The van der Waals surface area contributed by atoms with Crippen LogP contribution in [0, 0.1) is 0 Å². The molecule has 11 heavy (non-hydrogen) atoms. The minimum Gasteiger partial charge on any atom is -0.300 e. The van der Waals surface area contributed by atoms with Crippen LogP contribution in [0.4, 0.5) is 0 Å². The molecule has 0 rings (SSSR count). The summed E-state index contributed by atoms with van der Waals surface area (Å²) in [7, 11) is -4.67. The number of hydrogen-bond acceptors (Lipinski definition) is 3. The van der Waals surface area contributed by atoms with Crippen LogP contribution < -0.4 is 0 Å². The molecule has 0 fully saturated rings. The molecule has 0 aliphatic heterocycles. The smallest absolute Gasteiger partial charge is 0.300 e. The van der Waals surface area contributed by atoms with Gasteiger partial charge in [-0.15, -0.1) is 0 Å². The number of carbonyl (C=O) groups is 1. The van der Waals surface area contributed by atoms with Crippen molar-refractivity contribution in [3.8, 4) is 0 Å². The van der Waals surface area contributed by atoms with Gasteiger partial charge in [0.25, 0.3) is 0 Å². The van der Waals surface area contributed by atoms with Gasteiger partial charge >= 0.3 is 10.4 Å². The first-order chi connectivity index (χ1) is 4.77. The summed E-state index contributed by atoms with van der Waals surface area (Å²) in [6.45, 7) is 3.62. The Balaban J connectivity index is 0. The Morgan fingerprint density at radius 3 is 1.64 bits per heavy atom. The second-order valence-corrected chi connectivity index (χ2v) is 2.80. The van der Waals surface area contributed by atoms with Gasteiger partial charge in [-0.05, 0) is 13.3 Å². The van der Waals surface area contributed by atoms with Crippen LogP contribution in [0.15, 0.2) is 0 Å². The molecule has 0 bridgehead atoms. The van der Waals surface area contributed by atoms with Crippen LogP contribution in [-0.4, -0.2) is 23.3 Å². The van der Waals surface area contributed by atoms with Crippen LogP contribution in [0.2, 0.25) is 0 Å². The lowest BCUT2D eigenvalue weighted by Gasteiger charge is -1.80. The van der Waals surface area contributed by atoms with Crippen LogP contribution >= 0.6 is 0 Å². The summed E-state index contributed by atoms with van der Waals surface area (Å²) in [4.78, 5) is 10.0. The fourth-order valence-electron chi connectivity index (χ4n) is 0.352. The molecule has 2 N–H and O–H groups in total.